The molecular weight excluding hydrogens is 244 g/mol. The van der Waals surface area contributed by atoms with E-state index in [-0.39, 0.29) is 0 Å². The molecule has 1 rings (SSSR count). The first-order chi connectivity index (χ1) is 7.93. The second-order valence-electron chi connectivity index (χ2n) is 3.68. The molecule has 4 nitrogen and oxygen atoms in total. The van der Waals surface area contributed by atoms with E-state index in [9.17, 15) is 9.90 Å². The molecule has 17 heavy (non-hydrogen) atoms. The number of aliphatic hydroxyl groups excluding tert-OH is 1. The third-order valence-corrected chi connectivity index (χ3v) is 3.13. The quantitative estimate of drug-likeness (QED) is 0.845. The Morgan fingerprint density at radius 3 is 2.47 bits per heavy atom. The van der Waals surface area contributed by atoms with Gasteiger partial charge in [-0.3, -0.25) is 0 Å². The molecule has 0 amide bonds. The van der Waals surface area contributed by atoms with Gasteiger partial charge in [0.2, 0.25) is 0 Å². The fraction of sp³-hybridized carbons (Fsp3) is 0.417. The van der Waals surface area contributed by atoms with Crippen LogP contribution in [0.15, 0.2) is 6.07 Å². The fourth-order valence-corrected chi connectivity index (χ4v) is 1.86. The minimum Gasteiger partial charge on any atom is -0.495 e. The lowest BCUT2D eigenvalue weighted by atomic mass is 10.0. The number of hydrogen-bond acceptors (Lipinski definition) is 4. The summed E-state index contributed by atoms with van der Waals surface area (Å²) in [6.45, 7) is 3.68. The molecule has 0 saturated carbocycles. The molecule has 0 heterocycles. The van der Waals surface area contributed by atoms with E-state index in [0.29, 0.717) is 16.3 Å². The zero-order chi connectivity index (χ0) is 13.2. The van der Waals surface area contributed by atoms with Crippen LogP contribution >= 0.6 is 11.6 Å². The van der Waals surface area contributed by atoms with Crippen LogP contribution in [0.3, 0.4) is 0 Å². The van der Waals surface area contributed by atoms with E-state index in [0.717, 1.165) is 11.1 Å². The molecule has 94 valence electrons. The number of hydrogen-bond donors (Lipinski definition) is 1. The lowest BCUT2D eigenvalue weighted by Crippen LogP contribution is -2.15. The minimum atomic E-state index is -1.40. The van der Waals surface area contributed by atoms with Crippen molar-refractivity contribution < 1.29 is 19.4 Å². The standard InChI is InChI=1S/C12H15ClO4/c1-6-5-8(10(14)12(15)17-4)11(16-3)9(13)7(6)2/h5,10,14H,1-4H3. The van der Waals surface area contributed by atoms with Gasteiger partial charge in [-0.15, -0.1) is 0 Å². The van der Waals surface area contributed by atoms with Crippen molar-refractivity contribution in [3.05, 3.63) is 27.8 Å². The van der Waals surface area contributed by atoms with E-state index >= 15 is 0 Å². The lowest BCUT2D eigenvalue weighted by Gasteiger charge is -2.17. The van der Waals surface area contributed by atoms with Gasteiger partial charge in [0.05, 0.1) is 19.2 Å². The smallest absolute Gasteiger partial charge is 0.339 e. The predicted octanol–water partition coefficient (Wildman–Crippen LogP) is 2.17. The van der Waals surface area contributed by atoms with E-state index in [1.807, 2.05) is 13.8 Å². The van der Waals surface area contributed by atoms with Crippen molar-refractivity contribution in [2.24, 2.45) is 0 Å². The van der Waals surface area contributed by atoms with Gasteiger partial charge in [-0.2, -0.15) is 0 Å². The first-order valence-corrected chi connectivity index (χ1v) is 5.41. The fourth-order valence-electron chi connectivity index (χ4n) is 1.53. The molecule has 0 saturated heterocycles. The van der Waals surface area contributed by atoms with Crippen molar-refractivity contribution in [1.82, 2.24) is 0 Å². The number of esters is 1. The molecule has 0 radical (unpaired) electrons. The second kappa shape index (κ2) is 5.38. The SMILES string of the molecule is COC(=O)C(O)c1cc(C)c(C)c(Cl)c1OC. The van der Waals surface area contributed by atoms with Gasteiger partial charge in [-0.25, -0.2) is 4.79 Å². The number of aryl methyl sites for hydroxylation is 1. The summed E-state index contributed by atoms with van der Waals surface area (Å²) in [5, 5.41) is 10.2. The summed E-state index contributed by atoms with van der Waals surface area (Å²) in [5.74, 6) is -0.449. The Morgan fingerprint density at radius 2 is 2.00 bits per heavy atom. The van der Waals surface area contributed by atoms with Crippen LogP contribution in [0.5, 0.6) is 5.75 Å². The maximum absolute atomic E-state index is 11.3. The monoisotopic (exact) mass is 258 g/mol. The molecule has 0 aliphatic carbocycles. The summed E-state index contributed by atoms with van der Waals surface area (Å²) in [6, 6.07) is 1.67. The lowest BCUT2D eigenvalue weighted by molar-refractivity contribution is -0.150. The van der Waals surface area contributed by atoms with Crippen LogP contribution in [0.2, 0.25) is 5.02 Å². The number of rotatable bonds is 3. The van der Waals surface area contributed by atoms with Gasteiger partial charge in [0.1, 0.15) is 5.75 Å². The number of methoxy groups -OCH3 is 2. The van der Waals surface area contributed by atoms with Crippen molar-refractivity contribution in [3.63, 3.8) is 0 Å². The summed E-state index contributed by atoms with van der Waals surface area (Å²) in [7, 11) is 2.64. The van der Waals surface area contributed by atoms with E-state index in [2.05, 4.69) is 4.74 Å². The molecule has 0 aromatic heterocycles. The maximum atomic E-state index is 11.3. The van der Waals surface area contributed by atoms with Crippen LogP contribution in [0.4, 0.5) is 0 Å². The molecule has 1 aromatic rings. The Labute approximate surface area is 105 Å². The summed E-state index contributed by atoms with van der Waals surface area (Å²) >= 11 is 6.11. The van der Waals surface area contributed by atoms with Gasteiger partial charge in [-0.1, -0.05) is 11.6 Å². The van der Waals surface area contributed by atoms with Crippen LogP contribution in [-0.2, 0) is 9.53 Å². The summed E-state index contributed by atoms with van der Waals surface area (Å²) in [5.41, 5.74) is 2.03. The van der Waals surface area contributed by atoms with Crippen LogP contribution in [0.25, 0.3) is 0 Å². The molecule has 1 N–H and O–H groups in total. The number of carbonyl (C=O) groups is 1. The largest absolute Gasteiger partial charge is 0.495 e. The molecule has 0 fully saturated rings. The number of benzene rings is 1. The van der Waals surface area contributed by atoms with Gasteiger partial charge in [0.15, 0.2) is 6.10 Å². The zero-order valence-corrected chi connectivity index (χ0v) is 11.0. The Bertz CT molecular complexity index is 443. The molecule has 1 aromatic carbocycles. The first kappa shape index (κ1) is 13.8. The predicted molar refractivity (Wildman–Crippen MR) is 64.5 cm³/mol. The Hall–Kier alpha value is -1.26. The third-order valence-electron chi connectivity index (χ3n) is 2.68. The zero-order valence-electron chi connectivity index (χ0n) is 10.2. The molecule has 1 atom stereocenters. The van der Waals surface area contributed by atoms with Crippen molar-refractivity contribution in [2.45, 2.75) is 20.0 Å². The van der Waals surface area contributed by atoms with Crippen LogP contribution in [0, 0.1) is 13.8 Å². The summed E-state index contributed by atoms with van der Waals surface area (Å²) in [6.07, 6.45) is -1.40. The molecule has 0 bridgehead atoms. The Kier molecular flexibility index (Phi) is 4.37. The molecule has 0 aliphatic heterocycles. The van der Waals surface area contributed by atoms with Crippen LogP contribution < -0.4 is 4.74 Å². The highest BCUT2D eigenvalue weighted by Gasteiger charge is 2.25. The van der Waals surface area contributed by atoms with E-state index in [1.54, 1.807) is 6.07 Å². The highest BCUT2D eigenvalue weighted by Crippen LogP contribution is 2.37. The number of aliphatic hydroxyl groups is 1. The van der Waals surface area contributed by atoms with Crippen molar-refractivity contribution >= 4 is 17.6 Å². The van der Waals surface area contributed by atoms with Gasteiger partial charge in [0.25, 0.3) is 0 Å². The van der Waals surface area contributed by atoms with Crippen LogP contribution in [0.1, 0.15) is 22.8 Å². The van der Waals surface area contributed by atoms with Crippen molar-refractivity contribution in [1.29, 1.82) is 0 Å². The highest BCUT2D eigenvalue weighted by molar-refractivity contribution is 6.33. The van der Waals surface area contributed by atoms with E-state index < -0.39 is 12.1 Å². The number of halogens is 1. The van der Waals surface area contributed by atoms with E-state index in [4.69, 9.17) is 16.3 Å². The van der Waals surface area contributed by atoms with Gasteiger partial charge < -0.3 is 14.6 Å². The van der Waals surface area contributed by atoms with Gasteiger partial charge in [0, 0.05) is 5.56 Å². The maximum Gasteiger partial charge on any atom is 0.339 e. The highest BCUT2D eigenvalue weighted by atomic mass is 35.5. The summed E-state index contributed by atoms with van der Waals surface area (Å²) < 4.78 is 9.62. The van der Waals surface area contributed by atoms with Gasteiger partial charge >= 0.3 is 5.97 Å². The molecule has 0 spiro atoms. The number of carbonyl (C=O) groups excluding carboxylic acids is 1. The molecule has 0 aliphatic rings. The summed E-state index contributed by atoms with van der Waals surface area (Å²) in [4.78, 5) is 11.3. The van der Waals surface area contributed by atoms with Gasteiger partial charge in [-0.05, 0) is 31.0 Å². The van der Waals surface area contributed by atoms with Crippen molar-refractivity contribution in [3.8, 4) is 5.75 Å². The first-order valence-electron chi connectivity index (χ1n) is 5.03. The van der Waals surface area contributed by atoms with E-state index in [1.165, 1.54) is 14.2 Å². The minimum absolute atomic E-state index is 0.299. The molecular formula is C12H15ClO4. The Morgan fingerprint density at radius 1 is 1.41 bits per heavy atom. The van der Waals surface area contributed by atoms with Crippen molar-refractivity contribution in [2.75, 3.05) is 14.2 Å². The Balaban J connectivity index is 3.37. The number of ether oxygens (including phenoxy) is 2. The molecule has 5 heteroatoms. The molecule has 1 unspecified atom stereocenters. The second-order valence-corrected chi connectivity index (χ2v) is 4.06. The average Bonchev–Trinajstić information content (AvgIpc) is 2.33. The average molecular weight is 259 g/mol. The normalized spacial score (nSPS) is 12.1. The third kappa shape index (κ3) is 2.53. The van der Waals surface area contributed by atoms with Crippen LogP contribution in [-0.4, -0.2) is 25.3 Å². The topological polar surface area (TPSA) is 55.8 Å².